The predicted molar refractivity (Wildman–Crippen MR) is 127 cm³/mol. The van der Waals surface area contributed by atoms with Gasteiger partial charge in [0.1, 0.15) is 6.04 Å². The molecule has 8 unspecified atom stereocenters. The number of allylic oxidation sites excluding steroid dienone is 2. The number of rotatable bonds is 7. The van der Waals surface area contributed by atoms with Gasteiger partial charge in [0.15, 0.2) is 6.10 Å². The Morgan fingerprint density at radius 3 is 2.00 bits per heavy atom. The predicted octanol–water partition coefficient (Wildman–Crippen LogP) is 3.47. The summed E-state index contributed by atoms with van der Waals surface area (Å²) in [4.78, 5) is 54.8. The quantitative estimate of drug-likeness (QED) is 0.269. The molecule has 1 aliphatic heterocycles. The summed E-state index contributed by atoms with van der Waals surface area (Å²) in [5.41, 5.74) is 1.25. The van der Waals surface area contributed by atoms with Crippen molar-refractivity contribution in [3.05, 3.63) is 83.9 Å². The van der Waals surface area contributed by atoms with Gasteiger partial charge in [0.2, 0.25) is 17.6 Å². The summed E-state index contributed by atoms with van der Waals surface area (Å²) in [7, 11) is 0. The number of hydrogen-bond acceptors (Lipinski definition) is 5. The summed E-state index contributed by atoms with van der Waals surface area (Å²) in [5.74, 6) is -1.28. The first-order chi connectivity index (χ1) is 17.0. The van der Waals surface area contributed by atoms with Crippen LogP contribution in [0.4, 0.5) is 0 Å². The zero-order valence-electron chi connectivity index (χ0n) is 19.4. The van der Waals surface area contributed by atoms with Crippen LogP contribution in [-0.4, -0.2) is 40.6 Å². The molecule has 4 aliphatic carbocycles. The molecule has 0 N–H and O–H groups in total. The molecule has 1 heterocycles. The van der Waals surface area contributed by atoms with Crippen molar-refractivity contribution in [2.45, 2.75) is 31.9 Å². The lowest BCUT2D eigenvalue weighted by Crippen LogP contribution is -2.49. The van der Waals surface area contributed by atoms with E-state index in [0.717, 1.165) is 12.0 Å². The molecule has 2 bridgehead atoms. The fraction of sp³-hybridized carbons (Fsp3) is 0.379. The van der Waals surface area contributed by atoms with Gasteiger partial charge in [-0.3, -0.25) is 19.3 Å². The van der Waals surface area contributed by atoms with Crippen molar-refractivity contribution in [1.29, 1.82) is 0 Å². The third-order valence-electron chi connectivity index (χ3n) is 8.27. The molecule has 2 aromatic carbocycles. The molecule has 2 amide bonds. The molecular weight excluding hydrogens is 442 g/mol. The van der Waals surface area contributed by atoms with E-state index >= 15 is 0 Å². The summed E-state index contributed by atoms with van der Waals surface area (Å²) >= 11 is 0. The van der Waals surface area contributed by atoms with Crippen LogP contribution in [0.25, 0.3) is 0 Å². The SMILES string of the molecule is CC(OC(=O)C(Cc1ccccc1)N1C(=O)C2C3C=CC(C4CC34)C2C1=O)C(=O)c1ccccc1. The standard InChI is InChI=1S/C29H27NO5/c1-16(26(31)18-10-6-3-7-11-18)35-29(34)23(14-17-8-4-2-5-9-17)30-27(32)24-19-12-13-20(22-15-21(19)22)25(24)28(30)33/h2-13,16,19-25H,14-15H2,1H3. The number of nitrogens with zero attached hydrogens (tertiary/aromatic N) is 1. The molecule has 35 heavy (non-hydrogen) atoms. The third kappa shape index (κ3) is 3.54. The number of ketones is 1. The van der Waals surface area contributed by atoms with Gasteiger partial charge in [-0.05, 0) is 42.6 Å². The number of likely N-dealkylation sites (tertiary alicyclic amines) is 1. The zero-order valence-corrected chi connectivity index (χ0v) is 19.4. The fourth-order valence-corrected chi connectivity index (χ4v) is 6.55. The molecule has 2 saturated carbocycles. The number of benzene rings is 2. The van der Waals surface area contributed by atoms with Crippen LogP contribution in [0.2, 0.25) is 0 Å². The Balaban J connectivity index is 1.28. The molecule has 8 atom stereocenters. The molecule has 5 aliphatic rings. The van der Waals surface area contributed by atoms with E-state index in [0.29, 0.717) is 17.4 Å². The van der Waals surface area contributed by atoms with Gasteiger partial charge < -0.3 is 4.74 Å². The third-order valence-corrected chi connectivity index (χ3v) is 8.27. The molecule has 0 aromatic heterocycles. The number of carbonyl (C=O) groups is 4. The molecule has 0 spiro atoms. The highest BCUT2D eigenvalue weighted by Gasteiger charge is 2.68. The van der Waals surface area contributed by atoms with Gasteiger partial charge in [0, 0.05) is 12.0 Å². The van der Waals surface area contributed by atoms with E-state index in [2.05, 4.69) is 12.2 Å². The van der Waals surface area contributed by atoms with E-state index in [4.69, 9.17) is 4.74 Å². The van der Waals surface area contributed by atoms with Crippen molar-refractivity contribution in [1.82, 2.24) is 4.90 Å². The lowest BCUT2D eigenvalue weighted by Gasteiger charge is -2.37. The second-order valence-electron chi connectivity index (χ2n) is 10.2. The summed E-state index contributed by atoms with van der Waals surface area (Å²) < 4.78 is 5.61. The highest BCUT2D eigenvalue weighted by atomic mass is 16.5. The maximum absolute atomic E-state index is 13.7. The summed E-state index contributed by atoms with van der Waals surface area (Å²) in [6.07, 6.45) is 4.41. The van der Waals surface area contributed by atoms with Gasteiger partial charge in [-0.2, -0.15) is 0 Å². The van der Waals surface area contributed by atoms with E-state index in [1.807, 2.05) is 30.3 Å². The van der Waals surface area contributed by atoms with Gasteiger partial charge in [0.25, 0.3) is 0 Å². The normalized spacial score (nSPS) is 31.5. The molecule has 1 saturated heterocycles. The highest BCUT2D eigenvalue weighted by molar-refractivity contribution is 6.09. The van der Waals surface area contributed by atoms with Crippen molar-refractivity contribution < 1.29 is 23.9 Å². The summed E-state index contributed by atoms with van der Waals surface area (Å²) in [6, 6.07) is 16.8. The molecule has 6 nitrogen and oxygen atoms in total. The molecule has 6 heteroatoms. The molecule has 7 rings (SSSR count). The Morgan fingerprint density at radius 1 is 0.886 bits per heavy atom. The first-order valence-electron chi connectivity index (χ1n) is 12.3. The first kappa shape index (κ1) is 22.0. The minimum absolute atomic E-state index is 0.0726. The van der Waals surface area contributed by atoms with Crippen molar-refractivity contribution in [2.75, 3.05) is 0 Å². The average molecular weight is 470 g/mol. The maximum atomic E-state index is 13.7. The zero-order chi connectivity index (χ0) is 24.3. The Hall–Kier alpha value is -3.54. The summed E-state index contributed by atoms with van der Waals surface area (Å²) in [5, 5.41) is 0. The lowest BCUT2D eigenvalue weighted by molar-refractivity contribution is -0.160. The van der Waals surface area contributed by atoms with Gasteiger partial charge in [-0.1, -0.05) is 72.8 Å². The number of amides is 2. The van der Waals surface area contributed by atoms with E-state index in [1.165, 1.54) is 11.8 Å². The summed E-state index contributed by atoms with van der Waals surface area (Å²) in [6.45, 7) is 1.53. The Morgan fingerprint density at radius 2 is 1.43 bits per heavy atom. The van der Waals surface area contributed by atoms with Crippen LogP contribution in [-0.2, 0) is 25.5 Å². The number of ether oxygens (including phenoxy) is 1. The monoisotopic (exact) mass is 469 g/mol. The van der Waals surface area contributed by atoms with Gasteiger partial charge >= 0.3 is 5.97 Å². The molecular formula is C29H27NO5. The second-order valence-corrected chi connectivity index (χ2v) is 10.2. The smallest absolute Gasteiger partial charge is 0.330 e. The topological polar surface area (TPSA) is 80.8 Å². The highest BCUT2D eigenvalue weighted by Crippen LogP contribution is 2.65. The molecule has 3 fully saturated rings. The maximum Gasteiger partial charge on any atom is 0.330 e. The van der Waals surface area contributed by atoms with Gasteiger partial charge in [0.05, 0.1) is 11.8 Å². The Kier molecular flexibility index (Phi) is 5.20. The molecule has 178 valence electrons. The van der Waals surface area contributed by atoms with E-state index in [-0.39, 0.29) is 35.9 Å². The number of carbonyl (C=O) groups excluding carboxylic acids is 4. The Labute approximate surface area is 203 Å². The largest absolute Gasteiger partial charge is 0.453 e. The fourth-order valence-electron chi connectivity index (χ4n) is 6.55. The van der Waals surface area contributed by atoms with Crippen LogP contribution in [0.3, 0.4) is 0 Å². The van der Waals surface area contributed by atoms with Crippen molar-refractivity contribution in [2.24, 2.45) is 35.5 Å². The van der Waals surface area contributed by atoms with Crippen LogP contribution in [0.1, 0.15) is 29.3 Å². The minimum Gasteiger partial charge on any atom is -0.453 e. The van der Waals surface area contributed by atoms with Crippen molar-refractivity contribution in [3.8, 4) is 0 Å². The number of imide groups is 1. The Bertz CT molecular complexity index is 1190. The molecule has 0 radical (unpaired) electrons. The second kappa shape index (κ2) is 8.29. The van der Waals surface area contributed by atoms with E-state index in [9.17, 15) is 19.2 Å². The average Bonchev–Trinajstić information content (AvgIpc) is 3.67. The van der Waals surface area contributed by atoms with Crippen LogP contribution in [0.5, 0.6) is 0 Å². The van der Waals surface area contributed by atoms with Gasteiger partial charge in [-0.15, -0.1) is 0 Å². The van der Waals surface area contributed by atoms with Crippen molar-refractivity contribution >= 4 is 23.6 Å². The van der Waals surface area contributed by atoms with Crippen LogP contribution < -0.4 is 0 Å². The van der Waals surface area contributed by atoms with E-state index in [1.54, 1.807) is 30.3 Å². The minimum atomic E-state index is -1.11. The first-order valence-corrected chi connectivity index (χ1v) is 12.3. The van der Waals surface area contributed by atoms with Crippen LogP contribution in [0, 0.1) is 35.5 Å². The number of esters is 1. The van der Waals surface area contributed by atoms with Gasteiger partial charge in [-0.25, -0.2) is 4.79 Å². The van der Waals surface area contributed by atoms with E-state index < -0.39 is 30.0 Å². The number of hydrogen-bond donors (Lipinski definition) is 0. The van der Waals surface area contributed by atoms with Crippen LogP contribution >= 0.6 is 0 Å². The van der Waals surface area contributed by atoms with Crippen molar-refractivity contribution in [3.63, 3.8) is 0 Å². The van der Waals surface area contributed by atoms with Crippen LogP contribution in [0.15, 0.2) is 72.8 Å². The molecule has 2 aromatic rings. The lowest BCUT2D eigenvalue weighted by atomic mass is 9.63. The number of Topliss-reactive ketones (excluding diaryl/α,β-unsaturated/α-hetero) is 1.